The number of nitrogens with zero attached hydrogens (tertiary/aromatic N) is 3. The second-order valence-corrected chi connectivity index (χ2v) is 5.12. The van der Waals surface area contributed by atoms with Crippen LogP contribution in [0.3, 0.4) is 0 Å². The van der Waals surface area contributed by atoms with Gasteiger partial charge in [0.25, 0.3) is 5.56 Å². The summed E-state index contributed by atoms with van der Waals surface area (Å²) >= 11 is 0. The standard InChI is InChI=1S/C16H12F3N3O/c1-10(11-4-3-7-20-8-11)22-9-21-13-6-2-5-12(16(17,18)19)14(13)15(22)23/h2-10H,1H3/t10-/m0/s1. The Morgan fingerprint density at radius 1 is 1.17 bits per heavy atom. The molecule has 0 saturated carbocycles. The summed E-state index contributed by atoms with van der Waals surface area (Å²) in [6.45, 7) is 1.71. The van der Waals surface area contributed by atoms with Crippen molar-refractivity contribution in [1.82, 2.24) is 14.5 Å². The Bertz CT molecular complexity index is 904. The van der Waals surface area contributed by atoms with Gasteiger partial charge >= 0.3 is 6.18 Å². The van der Waals surface area contributed by atoms with E-state index in [-0.39, 0.29) is 5.52 Å². The molecule has 0 aliphatic rings. The first kappa shape index (κ1) is 15.2. The SMILES string of the molecule is C[C@@H](c1cccnc1)n1cnc2cccc(C(F)(F)F)c2c1=O. The Morgan fingerprint density at radius 3 is 2.61 bits per heavy atom. The van der Waals surface area contributed by atoms with Gasteiger partial charge in [-0.3, -0.25) is 14.3 Å². The molecule has 0 bridgehead atoms. The van der Waals surface area contributed by atoms with E-state index in [9.17, 15) is 18.0 Å². The lowest BCUT2D eigenvalue weighted by Gasteiger charge is -2.16. The van der Waals surface area contributed by atoms with Gasteiger partial charge in [0.2, 0.25) is 0 Å². The summed E-state index contributed by atoms with van der Waals surface area (Å²) in [7, 11) is 0. The Kier molecular flexibility index (Phi) is 3.63. The fraction of sp³-hybridized carbons (Fsp3) is 0.188. The van der Waals surface area contributed by atoms with Gasteiger partial charge in [-0.25, -0.2) is 4.98 Å². The summed E-state index contributed by atoms with van der Waals surface area (Å²) < 4.78 is 40.7. The molecule has 0 aliphatic heterocycles. The van der Waals surface area contributed by atoms with E-state index in [0.29, 0.717) is 5.56 Å². The molecule has 0 fully saturated rings. The summed E-state index contributed by atoms with van der Waals surface area (Å²) in [6.07, 6.45) is -0.198. The van der Waals surface area contributed by atoms with E-state index in [1.165, 1.54) is 23.0 Å². The van der Waals surface area contributed by atoms with E-state index < -0.39 is 28.7 Å². The molecule has 0 unspecified atom stereocenters. The first-order valence-electron chi connectivity index (χ1n) is 6.86. The topological polar surface area (TPSA) is 47.8 Å². The van der Waals surface area contributed by atoms with Crippen LogP contribution in [-0.4, -0.2) is 14.5 Å². The molecular formula is C16H12F3N3O. The second kappa shape index (κ2) is 5.49. The Hall–Kier alpha value is -2.70. The maximum absolute atomic E-state index is 13.2. The lowest BCUT2D eigenvalue weighted by Crippen LogP contribution is -2.26. The molecule has 3 aromatic rings. The molecule has 2 heterocycles. The van der Waals surface area contributed by atoms with Crippen LogP contribution < -0.4 is 5.56 Å². The first-order chi connectivity index (χ1) is 10.9. The van der Waals surface area contributed by atoms with E-state index >= 15 is 0 Å². The third-order valence-corrected chi connectivity index (χ3v) is 3.70. The molecule has 1 atom stereocenters. The molecule has 4 nitrogen and oxygen atoms in total. The quantitative estimate of drug-likeness (QED) is 0.727. The van der Waals surface area contributed by atoms with Gasteiger partial charge in [-0.15, -0.1) is 0 Å². The minimum Gasteiger partial charge on any atom is -0.291 e. The van der Waals surface area contributed by atoms with Crippen molar-refractivity contribution in [3.05, 3.63) is 70.5 Å². The van der Waals surface area contributed by atoms with E-state index in [2.05, 4.69) is 9.97 Å². The summed E-state index contributed by atoms with van der Waals surface area (Å²) in [4.78, 5) is 20.6. The number of fused-ring (bicyclic) bond motifs is 1. The minimum atomic E-state index is -4.61. The zero-order chi connectivity index (χ0) is 16.6. The summed E-state index contributed by atoms with van der Waals surface area (Å²) in [5.74, 6) is 0. The fourth-order valence-corrected chi connectivity index (χ4v) is 2.47. The van der Waals surface area contributed by atoms with Crippen LogP contribution in [0.4, 0.5) is 13.2 Å². The number of hydrogen-bond acceptors (Lipinski definition) is 3. The van der Waals surface area contributed by atoms with Crippen LogP contribution in [0.2, 0.25) is 0 Å². The molecule has 0 radical (unpaired) electrons. The molecule has 2 aromatic heterocycles. The van der Waals surface area contributed by atoms with Gasteiger partial charge in [0.1, 0.15) is 0 Å². The number of benzene rings is 1. The maximum atomic E-state index is 13.2. The van der Waals surface area contributed by atoms with Crippen LogP contribution in [-0.2, 0) is 6.18 Å². The lowest BCUT2D eigenvalue weighted by molar-refractivity contribution is -0.136. The monoisotopic (exact) mass is 319 g/mol. The van der Waals surface area contributed by atoms with E-state index in [1.807, 2.05) is 0 Å². The summed E-state index contributed by atoms with van der Waals surface area (Å²) in [6, 6.07) is 6.51. The fourth-order valence-electron chi connectivity index (χ4n) is 2.47. The van der Waals surface area contributed by atoms with Crippen molar-refractivity contribution in [2.24, 2.45) is 0 Å². The van der Waals surface area contributed by atoms with Crippen molar-refractivity contribution < 1.29 is 13.2 Å². The van der Waals surface area contributed by atoms with Gasteiger partial charge in [-0.05, 0) is 30.7 Å². The van der Waals surface area contributed by atoms with Crippen molar-refractivity contribution in [2.45, 2.75) is 19.1 Å². The molecule has 0 N–H and O–H groups in total. The third kappa shape index (κ3) is 2.69. The molecular weight excluding hydrogens is 307 g/mol. The Morgan fingerprint density at radius 2 is 1.96 bits per heavy atom. The molecule has 118 valence electrons. The van der Waals surface area contributed by atoms with Crippen molar-refractivity contribution in [3.63, 3.8) is 0 Å². The Labute approximate surface area is 129 Å². The van der Waals surface area contributed by atoms with Gasteiger partial charge in [0.15, 0.2) is 0 Å². The van der Waals surface area contributed by atoms with Gasteiger partial charge in [0, 0.05) is 12.4 Å². The average molecular weight is 319 g/mol. The van der Waals surface area contributed by atoms with Crippen LogP contribution >= 0.6 is 0 Å². The number of halogens is 3. The van der Waals surface area contributed by atoms with Gasteiger partial charge in [-0.2, -0.15) is 13.2 Å². The van der Waals surface area contributed by atoms with Gasteiger partial charge in [0.05, 0.1) is 28.8 Å². The molecule has 0 amide bonds. The number of rotatable bonds is 2. The van der Waals surface area contributed by atoms with Crippen molar-refractivity contribution >= 4 is 10.9 Å². The molecule has 1 aromatic carbocycles. The molecule has 23 heavy (non-hydrogen) atoms. The van der Waals surface area contributed by atoms with Crippen molar-refractivity contribution in [1.29, 1.82) is 0 Å². The maximum Gasteiger partial charge on any atom is 0.417 e. The molecule has 0 spiro atoms. The van der Waals surface area contributed by atoms with Crippen molar-refractivity contribution in [3.8, 4) is 0 Å². The molecule has 7 heteroatoms. The Balaban J connectivity index is 2.25. The average Bonchev–Trinajstić information content (AvgIpc) is 2.54. The molecule has 0 saturated heterocycles. The van der Waals surface area contributed by atoms with Crippen molar-refractivity contribution in [2.75, 3.05) is 0 Å². The van der Waals surface area contributed by atoms with E-state index in [1.54, 1.807) is 31.5 Å². The predicted molar refractivity (Wildman–Crippen MR) is 79.1 cm³/mol. The third-order valence-electron chi connectivity index (χ3n) is 3.70. The smallest absolute Gasteiger partial charge is 0.291 e. The highest BCUT2D eigenvalue weighted by atomic mass is 19.4. The molecule has 0 aliphatic carbocycles. The zero-order valence-corrected chi connectivity index (χ0v) is 12.1. The van der Waals surface area contributed by atoms with E-state index in [4.69, 9.17) is 0 Å². The summed E-state index contributed by atoms with van der Waals surface area (Å²) in [5.41, 5.74) is -0.959. The predicted octanol–water partition coefficient (Wildman–Crippen LogP) is 3.42. The highest BCUT2D eigenvalue weighted by Gasteiger charge is 2.34. The number of pyridine rings is 1. The lowest BCUT2D eigenvalue weighted by atomic mass is 10.1. The second-order valence-electron chi connectivity index (χ2n) is 5.12. The highest BCUT2D eigenvalue weighted by Crippen LogP contribution is 2.32. The summed E-state index contributed by atoms with van der Waals surface area (Å²) in [5, 5.41) is -0.418. The van der Waals surface area contributed by atoms with Crippen LogP contribution in [0, 0.1) is 0 Å². The van der Waals surface area contributed by atoms with Gasteiger partial charge in [-0.1, -0.05) is 12.1 Å². The van der Waals surface area contributed by atoms with Crippen LogP contribution in [0.1, 0.15) is 24.1 Å². The first-order valence-corrected chi connectivity index (χ1v) is 6.86. The largest absolute Gasteiger partial charge is 0.417 e. The van der Waals surface area contributed by atoms with E-state index in [0.717, 1.165) is 6.07 Å². The molecule has 3 rings (SSSR count). The minimum absolute atomic E-state index is 0.0273. The van der Waals surface area contributed by atoms with Gasteiger partial charge < -0.3 is 0 Å². The van der Waals surface area contributed by atoms with Crippen LogP contribution in [0.25, 0.3) is 10.9 Å². The zero-order valence-electron chi connectivity index (χ0n) is 12.1. The number of alkyl halides is 3. The van der Waals surface area contributed by atoms with Crippen LogP contribution in [0.5, 0.6) is 0 Å². The normalized spacial score (nSPS) is 13.2. The number of hydrogen-bond donors (Lipinski definition) is 0. The van der Waals surface area contributed by atoms with Crippen LogP contribution in [0.15, 0.2) is 53.8 Å². The number of aromatic nitrogens is 3. The highest BCUT2D eigenvalue weighted by molar-refractivity contribution is 5.81.